The Hall–Kier alpha value is -1.44. The molecule has 0 aliphatic rings. The fourth-order valence-electron chi connectivity index (χ4n) is 2.05. The third kappa shape index (κ3) is 3.42. The molecule has 1 aromatic carbocycles. The minimum atomic E-state index is -3.64. The van der Waals surface area contributed by atoms with Gasteiger partial charge in [0.1, 0.15) is 5.01 Å². The van der Waals surface area contributed by atoms with Crippen molar-refractivity contribution < 1.29 is 8.42 Å². The van der Waals surface area contributed by atoms with Crippen molar-refractivity contribution in [3.63, 3.8) is 0 Å². The molecule has 5 nitrogen and oxygen atoms in total. The van der Waals surface area contributed by atoms with Crippen LogP contribution in [-0.2, 0) is 10.0 Å². The summed E-state index contributed by atoms with van der Waals surface area (Å²) < 4.78 is 27.8. The summed E-state index contributed by atoms with van der Waals surface area (Å²) in [7, 11) is -3.64. The number of nitrogens with zero attached hydrogens (tertiary/aromatic N) is 1. The average molecular weight is 325 g/mol. The average Bonchev–Trinajstić information content (AvgIpc) is 2.80. The van der Waals surface area contributed by atoms with Crippen LogP contribution in [0.2, 0.25) is 0 Å². The molecule has 1 heterocycles. The number of hydrogen-bond donors (Lipinski definition) is 2. The minimum absolute atomic E-state index is 0.222. The van der Waals surface area contributed by atoms with Gasteiger partial charge in [-0.15, -0.1) is 11.3 Å². The van der Waals surface area contributed by atoms with Crippen molar-refractivity contribution in [1.82, 2.24) is 9.71 Å². The largest absolute Gasteiger partial charge is 0.398 e. The molecule has 114 valence electrons. The Morgan fingerprint density at radius 1 is 1.29 bits per heavy atom. The van der Waals surface area contributed by atoms with Gasteiger partial charge in [0.2, 0.25) is 10.0 Å². The monoisotopic (exact) mass is 325 g/mol. The van der Waals surface area contributed by atoms with Crippen LogP contribution in [0.15, 0.2) is 22.4 Å². The Labute approximate surface area is 129 Å². The molecule has 0 aliphatic heterocycles. The second-order valence-electron chi connectivity index (χ2n) is 5.15. The van der Waals surface area contributed by atoms with E-state index in [0.29, 0.717) is 11.3 Å². The second kappa shape index (κ2) is 5.75. The zero-order valence-electron chi connectivity index (χ0n) is 12.5. The third-order valence-electron chi connectivity index (χ3n) is 3.17. The fraction of sp³-hybridized carbons (Fsp3) is 0.357. The zero-order chi connectivity index (χ0) is 15.8. The van der Waals surface area contributed by atoms with E-state index in [2.05, 4.69) is 9.71 Å². The van der Waals surface area contributed by atoms with Gasteiger partial charge in [-0.1, -0.05) is 0 Å². The second-order valence-corrected chi connectivity index (χ2v) is 7.72. The van der Waals surface area contributed by atoms with Crippen LogP contribution in [0, 0.1) is 20.8 Å². The molecule has 1 unspecified atom stereocenters. The number of benzene rings is 1. The van der Waals surface area contributed by atoms with E-state index < -0.39 is 10.0 Å². The van der Waals surface area contributed by atoms with Gasteiger partial charge in [-0.25, -0.2) is 18.1 Å². The van der Waals surface area contributed by atoms with Crippen LogP contribution >= 0.6 is 11.3 Å². The molecule has 0 radical (unpaired) electrons. The number of hydrogen-bond acceptors (Lipinski definition) is 5. The van der Waals surface area contributed by atoms with Crippen LogP contribution in [0.3, 0.4) is 0 Å². The number of nitrogens with two attached hydrogens (primary N) is 1. The van der Waals surface area contributed by atoms with E-state index in [1.807, 2.05) is 19.2 Å². The van der Waals surface area contributed by atoms with E-state index >= 15 is 0 Å². The highest BCUT2D eigenvalue weighted by molar-refractivity contribution is 7.89. The summed E-state index contributed by atoms with van der Waals surface area (Å²) >= 11 is 1.44. The molecule has 0 aliphatic carbocycles. The molecule has 0 saturated heterocycles. The van der Waals surface area contributed by atoms with E-state index in [-0.39, 0.29) is 10.9 Å². The SMILES string of the molecule is Cc1cc(N)c(C)c(S(=O)(=O)NC(C)c2nc(C)cs2)c1. The van der Waals surface area contributed by atoms with Crippen molar-refractivity contribution in [2.45, 2.75) is 38.6 Å². The molecular formula is C14H19N3O2S2. The Morgan fingerprint density at radius 2 is 1.95 bits per heavy atom. The lowest BCUT2D eigenvalue weighted by Crippen LogP contribution is -2.27. The first kappa shape index (κ1) is 15.9. The number of aromatic nitrogens is 1. The normalized spacial score (nSPS) is 13.3. The number of anilines is 1. The van der Waals surface area contributed by atoms with Gasteiger partial charge >= 0.3 is 0 Å². The van der Waals surface area contributed by atoms with E-state index in [1.165, 1.54) is 11.3 Å². The van der Waals surface area contributed by atoms with Crippen molar-refractivity contribution in [3.8, 4) is 0 Å². The molecule has 0 bridgehead atoms. The first-order valence-corrected chi connectivity index (χ1v) is 8.88. The van der Waals surface area contributed by atoms with E-state index in [0.717, 1.165) is 16.3 Å². The van der Waals surface area contributed by atoms with Gasteiger partial charge in [0, 0.05) is 16.8 Å². The summed E-state index contributed by atoms with van der Waals surface area (Å²) in [5.41, 5.74) is 8.61. The highest BCUT2D eigenvalue weighted by Gasteiger charge is 2.23. The Morgan fingerprint density at radius 3 is 2.52 bits per heavy atom. The predicted molar refractivity (Wildman–Crippen MR) is 85.9 cm³/mol. The van der Waals surface area contributed by atoms with Gasteiger partial charge in [-0.05, 0) is 51.0 Å². The standard InChI is InChI=1S/C14H19N3O2S2/c1-8-5-12(15)10(3)13(6-8)21(18,19)17-11(4)14-16-9(2)7-20-14/h5-7,11,17H,15H2,1-4H3. The number of rotatable bonds is 4. The van der Waals surface area contributed by atoms with Crippen LogP contribution < -0.4 is 10.5 Å². The summed E-state index contributed by atoms with van der Waals surface area (Å²) in [5.74, 6) is 0. The summed E-state index contributed by atoms with van der Waals surface area (Å²) in [6.45, 7) is 7.20. The van der Waals surface area contributed by atoms with Gasteiger partial charge in [-0.3, -0.25) is 0 Å². The third-order valence-corrected chi connectivity index (χ3v) is 5.99. The van der Waals surface area contributed by atoms with Crippen molar-refractivity contribution in [2.75, 3.05) is 5.73 Å². The van der Waals surface area contributed by atoms with Crippen LogP contribution in [0.4, 0.5) is 5.69 Å². The molecule has 0 saturated carbocycles. The summed E-state index contributed by atoms with van der Waals surface area (Å²) in [5, 5.41) is 2.64. The summed E-state index contributed by atoms with van der Waals surface area (Å²) in [6, 6.07) is 3.02. The summed E-state index contributed by atoms with van der Waals surface area (Å²) in [4.78, 5) is 4.54. The van der Waals surface area contributed by atoms with Crippen LogP contribution in [0.25, 0.3) is 0 Å². The Bertz CT molecular complexity index is 767. The topological polar surface area (TPSA) is 85.1 Å². The zero-order valence-corrected chi connectivity index (χ0v) is 14.1. The molecule has 1 aromatic heterocycles. The van der Waals surface area contributed by atoms with E-state index in [9.17, 15) is 8.42 Å². The van der Waals surface area contributed by atoms with Crippen LogP contribution in [0.1, 0.15) is 34.8 Å². The molecule has 2 rings (SSSR count). The highest BCUT2D eigenvalue weighted by Crippen LogP contribution is 2.25. The molecular weight excluding hydrogens is 306 g/mol. The Kier molecular flexibility index (Phi) is 4.36. The van der Waals surface area contributed by atoms with E-state index in [4.69, 9.17) is 5.73 Å². The van der Waals surface area contributed by atoms with Gasteiger partial charge in [0.25, 0.3) is 0 Å². The number of nitrogens with one attached hydrogen (secondary N) is 1. The smallest absolute Gasteiger partial charge is 0.241 e. The van der Waals surface area contributed by atoms with Crippen LogP contribution in [0.5, 0.6) is 0 Å². The van der Waals surface area contributed by atoms with Gasteiger partial charge in [0.15, 0.2) is 0 Å². The van der Waals surface area contributed by atoms with E-state index in [1.54, 1.807) is 26.0 Å². The lowest BCUT2D eigenvalue weighted by atomic mass is 10.1. The van der Waals surface area contributed by atoms with Crippen molar-refractivity contribution in [2.24, 2.45) is 0 Å². The maximum Gasteiger partial charge on any atom is 0.241 e. The summed E-state index contributed by atoms with van der Waals surface area (Å²) in [6.07, 6.45) is 0. The lowest BCUT2D eigenvalue weighted by molar-refractivity contribution is 0.565. The number of aryl methyl sites for hydroxylation is 2. The van der Waals surface area contributed by atoms with Gasteiger partial charge in [-0.2, -0.15) is 0 Å². The van der Waals surface area contributed by atoms with Crippen molar-refractivity contribution >= 4 is 27.0 Å². The fourth-order valence-corrected chi connectivity index (χ4v) is 4.49. The molecule has 21 heavy (non-hydrogen) atoms. The minimum Gasteiger partial charge on any atom is -0.398 e. The van der Waals surface area contributed by atoms with Crippen molar-refractivity contribution in [1.29, 1.82) is 0 Å². The highest BCUT2D eigenvalue weighted by atomic mass is 32.2. The van der Waals surface area contributed by atoms with Gasteiger partial charge < -0.3 is 5.73 Å². The Balaban J connectivity index is 2.35. The molecule has 0 spiro atoms. The number of thiazole rings is 1. The lowest BCUT2D eigenvalue weighted by Gasteiger charge is -2.15. The van der Waals surface area contributed by atoms with Crippen LogP contribution in [-0.4, -0.2) is 13.4 Å². The predicted octanol–water partition coefficient (Wildman–Crippen LogP) is 2.69. The molecule has 0 amide bonds. The molecule has 2 aromatic rings. The number of sulfonamides is 1. The first-order valence-electron chi connectivity index (χ1n) is 6.52. The molecule has 7 heteroatoms. The first-order chi connectivity index (χ1) is 9.70. The maximum atomic E-state index is 12.6. The number of nitrogen functional groups attached to an aromatic ring is 1. The quantitative estimate of drug-likeness (QED) is 0.846. The van der Waals surface area contributed by atoms with Crippen molar-refractivity contribution in [3.05, 3.63) is 39.3 Å². The van der Waals surface area contributed by atoms with Gasteiger partial charge in [0.05, 0.1) is 10.9 Å². The molecule has 0 fully saturated rings. The molecule has 1 atom stereocenters. The molecule has 3 N–H and O–H groups in total. The maximum absolute atomic E-state index is 12.6.